The SMILES string of the molecule is COc1cccc(-c2nn(-c3ccc(C)cc3)cc2C(=O)O[C@@H](C)C(=O)NC(C)C)c1. The molecule has 162 valence electrons. The van der Waals surface area contributed by atoms with Crippen LogP contribution in [0.4, 0.5) is 0 Å². The maximum absolute atomic E-state index is 13.0. The lowest BCUT2D eigenvalue weighted by atomic mass is 10.1. The number of esters is 1. The third-order valence-corrected chi connectivity index (χ3v) is 4.66. The third kappa shape index (κ3) is 5.31. The molecule has 7 heteroatoms. The molecule has 0 fully saturated rings. The Labute approximate surface area is 182 Å². The summed E-state index contributed by atoms with van der Waals surface area (Å²) >= 11 is 0. The van der Waals surface area contributed by atoms with Crippen LogP contribution in [0.15, 0.2) is 54.7 Å². The summed E-state index contributed by atoms with van der Waals surface area (Å²) in [5, 5.41) is 7.38. The van der Waals surface area contributed by atoms with Crippen molar-refractivity contribution in [2.45, 2.75) is 39.8 Å². The van der Waals surface area contributed by atoms with Crippen molar-refractivity contribution in [1.82, 2.24) is 15.1 Å². The number of carbonyl (C=O) groups is 2. The van der Waals surface area contributed by atoms with Crippen molar-refractivity contribution >= 4 is 11.9 Å². The Morgan fingerprint density at radius 2 is 1.77 bits per heavy atom. The molecular formula is C24H27N3O4. The van der Waals surface area contributed by atoms with Crippen LogP contribution in [0, 0.1) is 6.92 Å². The smallest absolute Gasteiger partial charge is 0.342 e. The van der Waals surface area contributed by atoms with E-state index in [2.05, 4.69) is 10.4 Å². The van der Waals surface area contributed by atoms with Gasteiger partial charge in [-0.2, -0.15) is 5.10 Å². The quantitative estimate of drug-likeness (QED) is 0.585. The molecule has 7 nitrogen and oxygen atoms in total. The molecule has 0 spiro atoms. The van der Waals surface area contributed by atoms with E-state index >= 15 is 0 Å². The van der Waals surface area contributed by atoms with E-state index in [1.54, 1.807) is 31.0 Å². The highest BCUT2D eigenvalue weighted by Gasteiger charge is 2.25. The van der Waals surface area contributed by atoms with Crippen molar-refractivity contribution in [3.8, 4) is 22.7 Å². The number of amides is 1. The Bertz CT molecular complexity index is 1070. The zero-order valence-electron chi connectivity index (χ0n) is 18.4. The molecule has 1 N–H and O–H groups in total. The number of hydrogen-bond acceptors (Lipinski definition) is 5. The Morgan fingerprint density at radius 3 is 2.42 bits per heavy atom. The Hall–Kier alpha value is -3.61. The van der Waals surface area contributed by atoms with E-state index in [-0.39, 0.29) is 17.5 Å². The molecule has 0 saturated carbocycles. The first-order valence-corrected chi connectivity index (χ1v) is 10.1. The third-order valence-electron chi connectivity index (χ3n) is 4.66. The first kappa shape index (κ1) is 22.1. The lowest BCUT2D eigenvalue weighted by Gasteiger charge is -2.15. The first-order chi connectivity index (χ1) is 14.8. The van der Waals surface area contributed by atoms with E-state index in [1.165, 1.54) is 0 Å². The normalized spacial score (nSPS) is 11.8. The number of hydrogen-bond donors (Lipinski definition) is 1. The van der Waals surface area contributed by atoms with Crippen LogP contribution >= 0.6 is 0 Å². The van der Waals surface area contributed by atoms with Gasteiger partial charge in [0.1, 0.15) is 17.0 Å². The Balaban J connectivity index is 1.99. The minimum atomic E-state index is -0.934. The molecule has 0 unspecified atom stereocenters. The van der Waals surface area contributed by atoms with E-state index in [0.717, 1.165) is 11.3 Å². The predicted octanol–water partition coefficient (Wildman–Crippen LogP) is 3.93. The molecule has 3 aromatic rings. The second-order valence-corrected chi connectivity index (χ2v) is 7.61. The fourth-order valence-corrected chi connectivity index (χ4v) is 3.02. The van der Waals surface area contributed by atoms with Gasteiger partial charge in [0.05, 0.1) is 12.8 Å². The number of rotatable bonds is 7. The van der Waals surface area contributed by atoms with Crippen LogP contribution in [-0.4, -0.2) is 40.9 Å². The van der Waals surface area contributed by atoms with Gasteiger partial charge in [0.25, 0.3) is 5.91 Å². The van der Waals surface area contributed by atoms with Crippen LogP contribution in [-0.2, 0) is 9.53 Å². The Kier molecular flexibility index (Phi) is 6.74. The maximum atomic E-state index is 13.0. The summed E-state index contributed by atoms with van der Waals surface area (Å²) in [5.74, 6) is -0.328. The summed E-state index contributed by atoms with van der Waals surface area (Å²) in [6.07, 6.45) is 0.685. The van der Waals surface area contributed by atoms with Gasteiger partial charge in [0.15, 0.2) is 6.10 Å². The number of methoxy groups -OCH3 is 1. The molecule has 0 aliphatic rings. The van der Waals surface area contributed by atoms with Gasteiger partial charge >= 0.3 is 5.97 Å². The van der Waals surface area contributed by atoms with Gasteiger partial charge in [-0.3, -0.25) is 4.79 Å². The van der Waals surface area contributed by atoms with Gasteiger partial charge in [0, 0.05) is 17.8 Å². The molecule has 0 bridgehead atoms. The van der Waals surface area contributed by atoms with E-state index in [1.807, 2.05) is 63.2 Å². The molecule has 0 aliphatic carbocycles. The number of nitrogens with zero attached hydrogens (tertiary/aromatic N) is 2. The highest BCUT2D eigenvalue weighted by atomic mass is 16.5. The van der Waals surface area contributed by atoms with Crippen molar-refractivity contribution in [2.75, 3.05) is 7.11 Å². The molecule has 31 heavy (non-hydrogen) atoms. The molecule has 1 aromatic heterocycles. The molecule has 2 aromatic carbocycles. The summed E-state index contributed by atoms with van der Waals surface area (Å²) < 4.78 is 12.4. The number of ether oxygens (including phenoxy) is 2. The van der Waals surface area contributed by atoms with Crippen molar-refractivity contribution in [3.63, 3.8) is 0 Å². The van der Waals surface area contributed by atoms with Gasteiger partial charge < -0.3 is 14.8 Å². The fourth-order valence-electron chi connectivity index (χ4n) is 3.02. The van der Waals surface area contributed by atoms with Crippen LogP contribution in [0.25, 0.3) is 16.9 Å². The highest BCUT2D eigenvalue weighted by molar-refractivity contribution is 5.97. The van der Waals surface area contributed by atoms with Crippen LogP contribution in [0.5, 0.6) is 5.75 Å². The van der Waals surface area contributed by atoms with Crippen LogP contribution < -0.4 is 10.1 Å². The molecule has 1 atom stereocenters. The van der Waals surface area contributed by atoms with E-state index < -0.39 is 12.1 Å². The van der Waals surface area contributed by atoms with Crippen LogP contribution in [0.2, 0.25) is 0 Å². The summed E-state index contributed by atoms with van der Waals surface area (Å²) in [7, 11) is 1.58. The number of carbonyl (C=O) groups excluding carboxylic acids is 2. The zero-order valence-corrected chi connectivity index (χ0v) is 18.4. The molecule has 3 rings (SSSR count). The van der Waals surface area contributed by atoms with Gasteiger partial charge in [-0.05, 0) is 52.0 Å². The second-order valence-electron chi connectivity index (χ2n) is 7.61. The van der Waals surface area contributed by atoms with Crippen molar-refractivity contribution in [2.24, 2.45) is 0 Å². The lowest BCUT2D eigenvalue weighted by Crippen LogP contribution is -2.39. The molecule has 0 radical (unpaired) electrons. The number of aryl methyl sites for hydroxylation is 1. The van der Waals surface area contributed by atoms with Crippen LogP contribution in [0.3, 0.4) is 0 Å². The highest BCUT2D eigenvalue weighted by Crippen LogP contribution is 2.27. The molecular weight excluding hydrogens is 394 g/mol. The number of aromatic nitrogens is 2. The number of nitrogens with one attached hydrogen (secondary N) is 1. The van der Waals surface area contributed by atoms with E-state index in [0.29, 0.717) is 17.0 Å². The first-order valence-electron chi connectivity index (χ1n) is 10.1. The standard InChI is InChI=1S/C24H27N3O4/c1-15(2)25-23(28)17(4)31-24(29)21-14-27(19-11-9-16(3)10-12-19)26-22(21)18-7-6-8-20(13-18)30-5/h6-15,17H,1-5H3,(H,25,28)/t17-/m0/s1. The molecule has 1 heterocycles. The predicted molar refractivity (Wildman–Crippen MR) is 118 cm³/mol. The number of benzene rings is 2. The average Bonchev–Trinajstić information content (AvgIpc) is 3.19. The second kappa shape index (κ2) is 9.47. The van der Waals surface area contributed by atoms with E-state index in [9.17, 15) is 9.59 Å². The molecule has 1 amide bonds. The minimum absolute atomic E-state index is 0.0507. The largest absolute Gasteiger partial charge is 0.497 e. The van der Waals surface area contributed by atoms with Crippen molar-refractivity contribution < 1.29 is 19.1 Å². The Morgan fingerprint density at radius 1 is 1.06 bits per heavy atom. The summed E-state index contributed by atoms with van der Waals surface area (Å²) in [4.78, 5) is 25.2. The monoisotopic (exact) mass is 421 g/mol. The van der Waals surface area contributed by atoms with Gasteiger partial charge in [-0.25, -0.2) is 9.48 Å². The summed E-state index contributed by atoms with van der Waals surface area (Å²) in [5.41, 5.74) is 3.34. The van der Waals surface area contributed by atoms with E-state index in [4.69, 9.17) is 9.47 Å². The van der Waals surface area contributed by atoms with Crippen molar-refractivity contribution in [3.05, 3.63) is 65.9 Å². The van der Waals surface area contributed by atoms with Crippen LogP contribution in [0.1, 0.15) is 36.7 Å². The van der Waals surface area contributed by atoms with Gasteiger partial charge in [0.2, 0.25) is 0 Å². The van der Waals surface area contributed by atoms with Gasteiger partial charge in [-0.1, -0.05) is 29.8 Å². The summed E-state index contributed by atoms with van der Waals surface area (Å²) in [6, 6.07) is 15.0. The topological polar surface area (TPSA) is 82.5 Å². The molecule has 0 saturated heterocycles. The van der Waals surface area contributed by atoms with Crippen molar-refractivity contribution in [1.29, 1.82) is 0 Å². The molecule has 0 aliphatic heterocycles. The fraction of sp³-hybridized carbons (Fsp3) is 0.292. The zero-order chi connectivity index (χ0) is 22.5. The summed E-state index contributed by atoms with van der Waals surface area (Å²) in [6.45, 7) is 7.24. The van der Waals surface area contributed by atoms with Gasteiger partial charge in [-0.15, -0.1) is 0 Å². The lowest BCUT2D eigenvalue weighted by molar-refractivity contribution is -0.129. The minimum Gasteiger partial charge on any atom is -0.497 e. The maximum Gasteiger partial charge on any atom is 0.342 e. The average molecular weight is 421 g/mol.